The number of ether oxygens (including phenoxy) is 2. The van der Waals surface area contributed by atoms with Gasteiger partial charge in [-0.25, -0.2) is 14.6 Å². The van der Waals surface area contributed by atoms with Gasteiger partial charge in [0.25, 0.3) is 5.91 Å². The third-order valence-corrected chi connectivity index (χ3v) is 5.88. The van der Waals surface area contributed by atoms with Gasteiger partial charge in [-0.05, 0) is 41.3 Å². The molecule has 0 saturated heterocycles. The first-order valence-electron chi connectivity index (χ1n) is 11.0. The Hall–Kier alpha value is -4.24. The maximum atomic E-state index is 12.4. The zero-order chi connectivity index (χ0) is 25.0. The zero-order valence-electron chi connectivity index (χ0n) is 19.3. The predicted molar refractivity (Wildman–Crippen MR) is 128 cm³/mol. The minimum atomic E-state index is -1.61. The van der Waals surface area contributed by atoms with Gasteiger partial charge >= 0.3 is 12.1 Å². The van der Waals surface area contributed by atoms with Gasteiger partial charge in [-0.1, -0.05) is 48.5 Å². The molecule has 1 heterocycles. The SMILES string of the molecule is COCC(C)(NC(=O)c1ccc(NC(=O)OCC2c3ccccc3-c3ccccc32)cn1)C(=O)O. The molecular formula is C26H25N3O6. The van der Waals surface area contributed by atoms with E-state index in [-0.39, 0.29) is 24.8 Å². The van der Waals surface area contributed by atoms with Crippen LogP contribution in [-0.2, 0) is 14.3 Å². The molecule has 1 unspecified atom stereocenters. The smallest absolute Gasteiger partial charge is 0.411 e. The first-order valence-corrected chi connectivity index (χ1v) is 11.0. The zero-order valence-corrected chi connectivity index (χ0v) is 19.3. The first kappa shape index (κ1) is 23.9. The first-order chi connectivity index (χ1) is 16.8. The van der Waals surface area contributed by atoms with Crippen LogP contribution in [0.4, 0.5) is 10.5 Å². The highest BCUT2D eigenvalue weighted by molar-refractivity contribution is 5.96. The van der Waals surface area contributed by atoms with Crippen LogP contribution in [0.5, 0.6) is 0 Å². The molecule has 0 spiro atoms. The van der Waals surface area contributed by atoms with E-state index in [1.165, 1.54) is 32.4 Å². The molecule has 2 aromatic carbocycles. The van der Waals surface area contributed by atoms with Crippen LogP contribution in [0.15, 0.2) is 66.9 Å². The number of hydrogen-bond acceptors (Lipinski definition) is 6. The van der Waals surface area contributed by atoms with Crippen molar-refractivity contribution >= 4 is 23.7 Å². The van der Waals surface area contributed by atoms with Crippen molar-refractivity contribution in [1.82, 2.24) is 10.3 Å². The van der Waals surface area contributed by atoms with E-state index >= 15 is 0 Å². The number of carboxylic acid groups (broad SMARTS) is 1. The lowest BCUT2D eigenvalue weighted by atomic mass is 9.98. The van der Waals surface area contributed by atoms with E-state index in [0.29, 0.717) is 5.69 Å². The molecule has 9 heteroatoms. The highest BCUT2D eigenvalue weighted by Crippen LogP contribution is 2.44. The number of anilines is 1. The van der Waals surface area contributed by atoms with Gasteiger partial charge in [0.05, 0.1) is 18.5 Å². The number of aromatic nitrogens is 1. The molecule has 0 radical (unpaired) electrons. The molecule has 3 N–H and O–H groups in total. The molecule has 1 atom stereocenters. The summed E-state index contributed by atoms with van der Waals surface area (Å²) in [4.78, 5) is 40.3. The fourth-order valence-electron chi connectivity index (χ4n) is 4.11. The standard InChI is InChI=1S/C26H25N3O6/c1-26(15-34-2,24(31)32)29-23(30)22-12-11-16(13-27-22)28-25(33)35-14-21-19-9-5-3-7-17(19)18-8-4-6-10-20(18)21/h3-13,21H,14-15H2,1-2H3,(H,28,33)(H,29,30)(H,31,32). The van der Waals surface area contributed by atoms with Crippen molar-refractivity contribution in [1.29, 1.82) is 0 Å². The van der Waals surface area contributed by atoms with Gasteiger partial charge in [0.15, 0.2) is 5.54 Å². The number of carboxylic acids is 1. The van der Waals surface area contributed by atoms with Gasteiger partial charge in [-0.2, -0.15) is 0 Å². The second kappa shape index (κ2) is 9.94. The maximum absolute atomic E-state index is 12.4. The lowest BCUT2D eigenvalue weighted by Crippen LogP contribution is -2.55. The number of rotatable bonds is 8. The number of carbonyl (C=O) groups excluding carboxylic acids is 2. The molecule has 1 aliphatic carbocycles. The highest BCUT2D eigenvalue weighted by atomic mass is 16.5. The fraction of sp³-hybridized carbons (Fsp3) is 0.231. The predicted octanol–water partition coefficient (Wildman–Crippen LogP) is 3.66. The van der Waals surface area contributed by atoms with Crippen molar-refractivity contribution in [2.45, 2.75) is 18.4 Å². The monoisotopic (exact) mass is 475 g/mol. The number of methoxy groups -OCH3 is 1. The number of aliphatic carboxylic acids is 1. The third kappa shape index (κ3) is 4.99. The molecule has 0 saturated carbocycles. The Morgan fingerprint density at radius 1 is 1.00 bits per heavy atom. The van der Waals surface area contributed by atoms with Crippen molar-refractivity contribution in [3.05, 3.63) is 83.7 Å². The quantitative estimate of drug-likeness (QED) is 0.454. The van der Waals surface area contributed by atoms with E-state index in [1.807, 2.05) is 36.4 Å². The molecule has 0 fully saturated rings. The summed E-state index contributed by atoms with van der Waals surface area (Å²) >= 11 is 0. The van der Waals surface area contributed by atoms with Crippen LogP contribution in [0, 0.1) is 0 Å². The van der Waals surface area contributed by atoms with Crippen molar-refractivity contribution in [2.24, 2.45) is 0 Å². The average molecular weight is 476 g/mol. The van der Waals surface area contributed by atoms with Gasteiger partial charge in [0.2, 0.25) is 0 Å². The number of pyridine rings is 1. The molecule has 3 aromatic rings. The number of nitrogens with one attached hydrogen (secondary N) is 2. The summed E-state index contributed by atoms with van der Waals surface area (Å²) in [6.45, 7) is 1.29. The molecule has 180 valence electrons. The van der Waals surface area contributed by atoms with Crippen LogP contribution in [0.25, 0.3) is 11.1 Å². The van der Waals surface area contributed by atoms with Crippen molar-refractivity contribution < 1.29 is 29.0 Å². The average Bonchev–Trinajstić information content (AvgIpc) is 3.17. The number of fused-ring (bicyclic) bond motifs is 3. The second-order valence-corrected chi connectivity index (χ2v) is 8.41. The van der Waals surface area contributed by atoms with E-state index < -0.39 is 23.5 Å². The number of benzene rings is 2. The Morgan fingerprint density at radius 3 is 2.17 bits per heavy atom. The summed E-state index contributed by atoms with van der Waals surface area (Å²) in [7, 11) is 1.34. The normalized spacial score (nSPS) is 13.8. The van der Waals surface area contributed by atoms with Crippen LogP contribution >= 0.6 is 0 Å². The number of nitrogens with zero attached hydrogens (tertiary/aromatic N) is 1. The van der Waals surface area contributed by atoms with Gasteiger partial charge in [-0.3, -0.25) is 10.1 Å². The van der Waals surface area contributed by atoms with E-state index in [9.17, 15) is 19.5 Å². The van der Waals surface area contributed by atoms with Gasteiger partial charge in [-0.15, -0.1) is 0 Å². The summed E-state index contributed by atoms with van der Waals surface area (Å²) in [5, 5.41) is 14.4. The molecular weight excluding hydrogens is 450 g/mol. The van der Waals surface area contributed by atoms with Crippen LogP contribution in [0.3, 0.4) is 0 Å². The fourth-order valence-corrected chi connectivity index (χ4v) is 4.11. The molecule has 0 aliphatic heterocycles. The highest BCUT2D eigenvalue weighted by Gasteiger charge is 2.35. The van der Waals surface area contributed by atoms with Crippen molar-refractivity contribution in [3.8, 4) is 11.1 Å². The van der Waals surface area contributed by atoms with Gasteiger partial charge < -0.3 is 19.9 Å². The number of hydrogen-bond donors (Lipinski definition) is 3. The van der Waals surface area contributed by atoms with Crippen LogP contribution < -0.4 is 10.6 Å². The molecule has 1 aromatic heterocycles. The summed E-state index contributed by atoms with van der Waals surface area (Å²) in [5.41, 5.74) is 3.22. The Labute approximate surface area is 202 Å². The summed E-state index contributed by atoms with van der Waals surface area (Å²) in [6.07, 6.45) is 0.648. The van der Waals surface area contributed by atoms with Gasteiger partial charge in [0.1, 0.15) is 12.3 Å². The largest absolute Gasteiger partial charge is 0.479 e. The number of amides is 2. The van der Waals surface area contributed by atoms with E-state index in [4.69, 9.17) is 9.47 Å². The van der Waals surface area contributed by atoms with Crippen molar-refractivity contribution in [2.75, 3.05) is 25.6 Å². The lowest BCUT2D eigenvalue weighted by Gasteiger charge is -2.25. The molecule has 9 nitrogen and oxygen atoms in total. The Morgan fingerprint density at radius 2 is 1.63 bits per heavy atom. The second-order valence-electron chi connectivity index (χ2n) is 8.41. The maximum Gasteiger partial charge on any atom is 0.411 e. The molecule has 1 aliphatic rings. The molecule has 4 rings (SSSR count). The molecule has 2 amide bonds. The summed E-state index contributed by atoms with van der Waals surface area (Å²) in [5.74, 6) is -1.98. The molecule has 35 heavy (non-hydrogen) atoms. The summed E-state index contributed by atoms with van der Waals surface area (Å²) < 4.78 is 10.4. The van der Waals surface area contributed by atoms with E-state index in [0.717, 1.165) is 22.3 Å². The van der Waals surface area contributed by atoms with Gasteiger partial charge in [0, 0.05) is 13.0 Å². The minimum Gasteiger partial charge on any atom is -0.479 e. The van der Waals surface area contributed by atoms with E-state index in [1.54, 1.807) is 0 Å². The van der Waals surface area contributed by atoms with Crippen LogP contribution in [-0.4, -0.2) is 53.9 Å². The van der Waals surface area contributed by atoms with Crippen LogP contribution in [0.1, 0.15) is 34.5 Å². The number of carbonyl (C=O) groups is 3. The lowest BCUT2D eigenvalue weighted by molar-refractivity contribution is -0.145. The summed E-state index contributed by atoms with van der Waals surface area (Å²) in [6, 6.07) is 19.0. The van der Waals surface area contributed by atoms with E-state index in [2.05, 4.69) is 27.8 Å². The third-order valence-electron chi connectivity index (χ3n) is 5.88. The molecule has 0 bridgehead atoms. The van der Waals surface area contributed by atoms with Crippen molar-refractivity contribution in [3.63, 3.8) is 0 Å². The Bertz CT molecular complexity index is 1210. The minimum absolute atomic E-state index is 0.00772. The topological polar surface area (TPSA) is 127 Å². The Balaban J connectivity index is 1.37. The van der Waals surface area contributed by atoms with Crippen LogP contribution in [0.2, 0.25) is 0 Å². The Kier molecular flexibility index (Phi) is 6.79.